The van der Waals surface area contributed by atoms with Crippen LogP contribution in [0.4, 0.5) is 8.78 Å². The molecule has 1 aromatic rings. The molecule has 1 aromatic carbocycles. The molecule has 1 N–H and O–H groups in total. The number of likely N-dealkylation sites (tertiary alicyclic amines) is 2. The zero-order valence-electron chi connectivity index (χ0n) is 16.1. The first-order chi connectivity index (χ1) is 13.0. The molecule has 0 saturated carbocycles. The van der Waals surface area contributed by atoms with Crippen LogP contribution in [0.5, 0.6) is 0 Å². The van der Waals surface area contributed by atoms with Crippen molar-refractivity contribution >= 4 is 24.2 Å². The quantitative estimate of drug-likeness (QED) is 0.822. The fraction of sp³-hybridized carbons (Fsp3) is 0.600. The first-order valence-corrected chi connectivity index (χ1v) is 9.67. The van der Waals surface area contributed by atoms with E-state index < -0.39 is 17.5 Å². The lowest BCUT2D eigenvalue weighted by Gasteiger charge is -2.37. The number of amides is 2. The molecule has 0 radical (unpaired) electrons. The highest BCUT2D eigenvalue weighted by Crippen LogP contribution is 2.25. The van der Waals surface area contributed by atoms with Gasteiger partial charge < -0.3 is 15.1 Å². The van der Waals surface area contributed by atoms with Gasteiger partial charge in [0.2, 0.25) is 5.91 Å². The van der Waals surface area contributed by atoms with E-state index in [2.05, 4.69) is 5.32 Å². The number of hydrogen-bond donors (Lipinski definition) is 1. The van der Waals surface area contributed by atoms with E-state index in [9.17, 15) is 18.4 Å². The predicted molar refractivity (Wildman–Crippen MR) is 105 cm³/mol. The maximum atomic E-state index is 13.8. The zero-order chi connectivity index (χ0) is 19.4. The fourth-order valence-electron chi connectivity index (χ4n) is 4.07. The molecule has 0 unspecified atom stereocenters. The minimum absolute atomic E-state index is 0. The van der Waals surface area contributed by atoms with Crippen molar-refractivity contribution < 1.29 is 18.4 Å². The third kappa shape index (κ3) is 5.20. The lowest BCUT2D eigenvalue weighted by atomic mass is 9.92. The molecule has 2 aliphatic heterocycles. The molecule has 0 aliphatic carbocycles. The highest BCUT2D eigenvalue weighted by molar-refractivity contribution is 5.94. The van der Waals surface area contributed by atoms with Crippen molar-refractivity contribution in [2.45, 2.75) is 25.7 Å². The SMILES string of the molecule is CNCC1CCN(C(=O)C2CCN(C(=O)c3ccc(F)cc3F)CC2)CC1.Cl. The summed E-state index contributed by atoms with van der Waals surface area (Å²) in [6.45, 7) is 3.42. The van der Waals surface area contributed by atoms with Crippen molar-refractivity contribution in [2.75, 3.05) is 39.8 Å². The number of piperidine rings is 2. The summed E-state index contributed by atoms with van der Waals surface area (Å²) in [5.74, 6) is -1.25. The minimum atomic E-state index is -0.845. The molecule has 3 rings (SSSR count). The molecule has 2 saturated heterocycles. The Bertz CT molecular complexity index is 688. The van der Waals surface area contributed by atoms with Gasteiger partial charge in [-0.2, -0.15) is 0 Å². The number of rotatable bonds is 4. The standard InChI is InChI=1S/C20H27F2N3O2.ClH/c1-23-13-14-4-8-24(9-5-14)19(26)15-6-10-25(11-7-15)20(27)17-3-2-16(21)12-18(17)22;/h2-3,12,14-15,23H,4-11,13H2,1H3;1H. The third-order valence-corrected chi connectivity index (χ3v) is 5.71. The van der Waals surface area contributed by atoms with Crippen molar-refractivity contribution in [3.63, 3.8) is 0 Å². The average Bonchev–Trinajstić information content (AvgIpc) is 2.68. The number of hydrogen-bond acceptors (Lipinski definition) is 3. The van der Waals surface area contributed by atoms with Crippen LogP contribution in [0.15, 0.2) is 18.2 Å². The van der Waals surface area contributed by atoms with Crippen molar-refractivity contribution in [3.05, 3.63) is 35.4 Å². The average molecular weight is 416 g/mol. The lowest BCUT2D eigenvalue weighted by molar-refractivity contribution is -0.138. The highest BCUT2D eigenvalue weighted by atomic mass is 35.5. The van der Waals surface area contributed by atoms with Gasteiger partial charge in [0, 0.05) is 38.2 Å². The summed E-state index contributed by atoms with van der Waals surface area (Å²) in [6, 6.07) is 2.99. The number of nitrogens with one attached hydrogen (secondary N) is 1. The number of carbonyl (C=O) groups is 2. The van der Waals surface area contributed by atoms with Crippen LogP contribution in [0.2, 0.25) is 0 Å². The molecule has 0 aromatic heterocycles. The Hall–Kier alpha value is -1.73. The number of halogens is 3. The van der Waals surface area contributed by atoms with Gasteiger partial charge in [0.1, 0.15) is 11.6 Å². The largest absolute Gasteiger partial charge is 0.342 e. The van der Waals surface area contributed by atoms with Crippen LogP contribution >= 0.6 is 12.4 Å². The van der Waals surface area contributed by atoms with E-state index >= 15 is 0 Å². The monoisotopic (exact) mass is 415 g/mol. The Morgan fingerprint density at radius 2 is 1.64 bits per heavy atom. The van der Waals surface area contributed by atoms with Crippen LogP contribution in [0.3, 0.4) is 0 Å². The summed E-state index contributed by atoms with van der Waals surface area (Å²) in [7, 11) is 1.95. The molecule has 8 heteroatoms. The summed E-state index contributed by atoms with van der Waals surface area (Å²) in [5, 5.41) is 3.19. The molecule has 2 amide bonds. The smallest absolute Gasteiger partial charge is 0.256 e. The fourth-order valence-corrected chi connectivity index (χ4v) is 4.07. The molecule has 0 atom stereocenters. The predicted octanol–water partition coefficient (Wildman–Crippen LogP) is 2.70. The van der Waals surface area contributed by atoms with E-state index in [1.807, 2.05) is 11.9 Å². The van der Waals surface area contributed by atoms with Crippen molar-refractivity contribution in [3.8, 4) is 0 Å². The molecular formula is C20H28ClF2N3O2. The molecule has 2 heterocycles. The van der Waals surface area contributed by atoms with Gasteiger partial charge in [-0.05, 0) is 57.3 Å². The summed E-state index contributed by atoms with van der Waals surface area (Å²) in [4.78, 5) is 28.7. The van der Waals surface area contributed by atoms with E-state index in [0.717, 1.165) is 44.6 Å². The van der Waals surface area contributed by atoms with Gasteiger partial charge in [0.25, 0.3) is 5.91 Å². The van der Waals surface area contributed by atoms with Crippen molar-refractivity contribution in [1.82, 2.24) is 15.1 Å². The maximum Gasteiger partial charge on any atom is 0.256 e. The molecule has 156 valence electrons. The number of nitrogens with zero attached hydrogens (tertiary/aromatic N) is 2. The van der Waals surface area contributed by atoms with Crippen molar-refractivity contribution in [1.29, 1.82) is 0 Å². The number of benzene rings is 1. The molecule has 0 spiro atoms. The molecule has 28 heavy (non-hydrogen) atoms. The van der Waals surface area contributed by atoms with Gasteiger partial charge >= 0.3 is 0 Å². The lowest BCUT2D eigenvalue weighted by Crippen LogP contribution is -2.47. The Morgan fingerprint density at radius 3 is 2.21 bits per heavy atom. The van der Waals surface area contributed by atoms with E-state index in [4.69, 9.17) is 0 Å². The Morgan fingerprint density at radius 1 is 1.04 bits per heavy atom. The van der Waals surface area contributed by atoms with Crippen LogP contribution in [0.25, 0.3) is 0 Å². The van der Waals surface area contributed by atoms with E-state index in [0.29, 0.717) is 31.8 Å². The molecule has 2 aliphatic rings. The second kappa shape index (κ2) is 10.2. The normalized spacial score (nSPS) is 18.7. The van der Waals surface area contributed by atoms with E-state index in [-0.39, 0.29) is 29.8 Å². The molecule has 5 nitrogen and oxygen atoms in total. The maximum absolute atomic E-state index is 13.8. The summed E-state index contributed by atoms with van der Waals surface area (Å²) >= 11 is 0. The zero-order valence-corrected chi connectivity index (χ0v) is 16.9. The molecule has 2 fully saturated rings. The van der Waals surface area contributed by atoms with Crippen LogP contribution < -0.4 is 5.32 Å². The molecule has 0 bridgehead atoms. The Balaban J connectivity index is 0.00000280. The summed E-state index contributed by atoms with van der Waals surface area (Å²) in [6.07, 6.45) is 3.22. The van der Waals surface area contributed by atoms with Gasteiger partial charge in [-0.1, -0.05) is 0 Å². The van der Waals surface area contributed by atoms with Crippen molar-refractivity contribution in [2.24, 2.45) is 11.8 Å². The van der Waals surface area contributed by atoms with Crippen LogP contribution in [-0.4, -0.2) is 61.4 Å². The van der Waals surface area contributed by atoms with Gasteiger partial charge in [-0.15, -0.1) is 12.4 Å². The summed E-state index contributed by atoms with van der Waals surface area (Å²) < 4.78 is 26.9. The van der Waals surface area contributed by atoms with Gasteiger partial charge in [-0.25, -0.2) is 8.78 Å². The Labute approximate surface area is 170 Å². The van der Waals surface area contributed by atoms with Crippen LogP contribution in [0, 0.1) is 23.5 Å². The van der Waals surface area contributed by atoms with Crippen LogP contribution in [-0.2, 0) is 4.79 Å². The van der Waals surface area contributed by atoms with Gasteiger partial charge in [0.15, 0.2) is 0 Å². The first kappa shape index (κ1) is 22.6. The topological polar surface area (TPSA) is 52.7 Å². The van der Waals surface area contributed by atoms with E-state index in [1.54, 1.807) is 4.90 Å². The second-order valence-corrected chi connectivity index (χ2v) is 7.52. The Kier molecular flexibility index (Phi) is 8.19. The molecular weight excluding hydrogens is 388 g/mol. The van der Waals surface area contributed by atoms with Gasteiger partial charge in [-0.3, -0.25) is 9.59 Å². The highest BCUT2D eigenvalue weighted by Gasteiger charge is 2.32. The van der Waals surface area contributed by atoms with E-state index in [1.165, 1.54) is 6.07 Å². The van der Waals surface area contributed by atoms with Crippen LogP contribution in [0.1, 0.15) is 36.0 Å². The second-order valence-electron chi connectivity index (χ2n) is 7.52. The number of carbonyl (C=O) groups excluding carboxylic acids is 2. The first-order valence-electron chi connectivity index (χ1n) is 9.67. The minimum Gasteiger partial charge on any atom is -0.342 e. The third-order valence-electron chi connectivity index (χ3n) is 5.71. The van der Waals surface area contributed by atoms with Gasteiger partial charge in [0.05, 0.1) is 5.56 Å². The summed E-state index contributed by atoms with van der Waals surface area (Å²) in [5.41, 5.74) is -0.118.